The van der Waals surface area contributed by atoms with Crippen molar-refractivity contribution in [3.63, 3.8) is 0 Å². The van der Waals surface area contributed by atoms with Crippen LogP contribution in [0.4, 0.5) is 17.3 Å². The number of carbonyl (C=O) groups is 1. The molecule has 37 heavy (non-hydrogen) atoms. The minimum atomic E-state index is -0.0373. The van der Waals surface area contributed by atoms with Gasteiger partial charge in [0.2, 0.25) is 11.9 Å². The van der Waals surface area contributed by atoms with E-state index in [9.17, 15) is 10.1 Å². The van der Waals surface area contributed by atoms with E-state index in [2.05, 4.69) is 38.3 Å². The van der Waals surface area contributed by atoms with Crippen LogP contribution in [0.1, 0.15) is 43.2 Å². The molecule has 7 heteroatoms. The van der Waals surface area contributed by atoms with Crippen molar-refractivity contribution >= 4 is 34.3 Å². The van der Waals surface area contributed by atoms with Gasteiger partial charge in [0.1, 0.15) is 0 Å². The fourth-order valence-electron chi connectivity index (χ4n) is 5.16. The first-order valence-electron chi connectivity index (χ1n) is 12.9. The summed E-state index contributed by atoms with van der Waals surface area (Å²) < 4.78 is 0. The minimum absolute atomic E-state index is 0.0373. The third kappa shape index (κ3) is 5.99. The van der Waals surface area contributed by atoms with Gasteiger partial charge in [0.15, 0.2) is 0 Å². The van der Waals surface area contributed by atoms with Crippen LogP contribution in [-0.2, 0) is 4.79 Å². The number of amides is 1. The molecule has 188 valence electrons. The molecule has 0 atom stereocenters. The first-order valence-corrected chi connectivity index (χ1v) is 12.9. The summed E-state index contributed by atoms with van der Waals surface area (Å²) in [6, 6.07) is 26.2. The average molecular weight is 493 g/mol. The lowest BCUT2D eigenvalue weighted by molar-refractivity contribution is -0.114. The summed E-state index contributed by atoms with van der Waals surface area (Å²) in [5.74, 6) is 1.31. The Bertz CT molecular complexity index is 1360. The van der Waals surface area contributed by atoms with Crippen LogP contribution in [0.25, 0.3) is 11.0 Å². The van der Waals surface area contributed by atoms with Crippen molar-refractivity contribution < 1.29 is 4.79 Å². The van der Waals surface area contributed by atoms with Gasteiger partial charge in [0.05, 0.1) is 22.7 Å². The summed E-state index contributed by atoms with van der Waals surface area (Å²) in [6.45, 7) is 5.52. The Balaban J connectivity index is 1.21. The Kier molecular flexibility index (Phi) is 7.48. The average Bonchev–Trinajstić information content (AvgIpc) is 3.35. The number of nitrogens with one attached hydrogen (secondary N) is 2. The number of carbonyl (C=O) groups excluding carboxylic acids is 1. The molecule has 1 aliphatic rings. The highest BCUT2D eigenvalue weighted by Crippen LogP contribution is 2.30. The number of fused-ring (bicyclic) bond motifs is 1. The first kappa shape index (κ1) is 24.5. The number of hydrogen-bond acceptors (Lipinski definition) is 5. The molecule has 7 nitrogen and oxygen atoms in total. The van der Waals surface area contributed by atoms with E-state index in [1.165, 1.54) is 5.56 Å². The van der Waals surface area contributed by atoms with E-state index in [0.717, 1.165) is 73.8 Å². The number of rotatable bonds is 8. The van der Waals surface area contributed by atoms with Crippen molar-refractivity contribution in [3.05, 3.63) is 83.9 Å². The van der Waals surface area contributed by atoms with Crippen molar-refractivity contribution in [1.82, 2.24) is 14.9 Å². The molecule has 1 aliphatic heterocycles. The van der Waals surface area contributed by atoms with Crippen LogP contribution in [0, 0.1) is 11.3 Å². The van der Waals surface area contributed by atoms with Gasteiger partial charge in [-0.05, 0) is 98.9 Å². The molecule has 1 fully saturated rings. The minimum Gasteiger partial charge on any atom is -0.326 e. The zero-order valence-electron chi connectivity index (χ0n) is 21.2. The van der Waals surface area contributed by atoms with E-state index in [1.54, 1.807) is 6.92 Å². The summed E-state index contributed by atoms with van der Waals surface area (Å²) in [4.78, 5) is 24.5. The highest BCUT2D eigenvalue weighted by molar-refractivity contribution is 5.88. The SMILES string of the molecule is CC(=O)Nc1cccc(C2CCN(CCCN(c3ccc(C#N)cc3)c3nc4ccccc4[nH]3)CC2)c1. The molecule has 1 aromatic heterocycles. The van der Waals surface area contributed by atoms with Crippen LogP contribution in [0.5, 0.6) is 0 Å². The summed E-state index contributed by atoms with van der Waals surface area (Å²) >= 11 is 0. The molecule has 0 aliphatic carbocycles. The molecule has 5 rings (SSSR count). The number of aromatic amines is 1. The second kappa shape index (κ2) is 11.3. The number of nitriles is 1. The molecular weight excluding hydrogens is 460 g/mol. The van der Waals surface area contributed by atoms with Crippen molar-refractivity contribution in [1.29, 1.82) is 5.26 Å². The van der Waals surface area contributed by atoms with Crippen molar-refractivity contribution in [2.75, 3.05) is 36.4 Å². The van der Waals surface area contributed by atoms with Gasteiger partial charge in [-0.25, -0.2) is 4.98 Å². The summed E-state index contributed by atoms with van der Waals surface area (Å²) in [5, 5.41) is 12.1. The number of H-pyrrole nitrogens is 1. The van der Waals surface area contributed by atoms with Crippen LogP contribution >= 0.6 is 0 Å². The van der Waals surface area contributed by atoms with E-state index >= 15 is 0 Å². The molecule has 0 saturated carbocycles. The number of nitrogens with zero attached hydrogens (tertiary/aromatic N) is 4. The second-order valence-corrected chi connectivity index (χ2v) is 9.66. The van der Waals surface area contributed by atoms with Gasteiger partial charge in [-0.3, -0.25) is 4.79 Å². The lowest BCUT2D eigenvalue weighted by Crippen LogP contribution is -2.35. The monoisotopic (exact) mass is 492 g/mol. The molecule has 0 unspecified atom stereocenters. The van der Waals surface area contributed by atoms with Crippen LogP contribution in [0.2, 0.25) is 0 Å². The summed E-state index contributed by atoms with van der Waals surface area (Å²) in [6.07, 6.45) is 3.23. The summed E-state index contributed by atoms with van der Waals surface area (Å²) in [5.41, 5.74) is 5.82. The maximum atomic E-state index is 11.4. The van der Waals surface area contributed by atoms with E-state index in [-0.39, 0.29) is 5.91 Å². The van der Waals surface area contributed by atoms with Crippen molar-refractivity contribution in [3.8, 4) is 6.07 Å². The highest BCUT2D eigenvalue weighted by atomic mass is 16.1. The van der Waals surface area contributed by atoms with Gasteiger partial charge in [-0.15, -0.1) is 0 Å². The van der Waals surface area contributed by atoms with Gasteiger partial charge in [0, 0.05) is 24.8 Å². The molecule has 0 spiro atoms. The number of anilines is 3. The van der Waals surface area contributed by atoms with Gasteiger partial charge >= 0.3 is 0 Å². The van der Waals surface area contributed by atoms with Gasteiger partial charge in [-0.2, -0.15) is 5.26 Å². The molecule has 3 aromatic carbocycles. The molecule has 0 bridgehead atoms. The molecule has 2 heterocycles. The number of para-hydroxylation sites is 2. The summed E-state index contributed by atoms with van der Waals surface area (Å²) in [7, 11) is 0. The van der Waals surface area contributed by atoms with E-state index in [1.807, 2.05) is 60.7 Å². The third-order valence-corrected chi connectivity index (χ3v) is 7.06. The van der Waals surface area contributed by atoms with Crippen LogP contribution in [0.15, 0.2) is 72.8 Å². The number of aromatic nitrogens is 2. The smallest absolute Gasteiger partial charge is 0.221 e. The molecular formula is C30H32N6O. The van der Waals surface area contributed by atoms with Crippen LogP contribution in [-0.4, -0.2) is 47.0 Å². The van der Waals surface area contributed by atoms with E-state index in [0.29, 0.717) is 11.5 Å². The van der Waals surface area contributed by atoms with Crippen LogP contribution in [0.3, 0.4) is 0 Å². The molecule has 1 amide bonds. The van der Waals surface area contributed by atoms with Crippen molar-refractivity contribution in [2.45, 2.75) is 32.1 Å². The zero-order chi connectivity index (χ0) is 25.6. The van der Waals surface area contributed by atoms with Gasteiger partial charge in [0.25, 0.3) is 0 Å². The predicted octanol–water partition coefficient (Wildman–Crippen LogP) is 5.80. The number of hydrogen-bond donors (Lipinski definition) is 2. The maximum Gasteiger partial charge on any atom is 0.221 e. The highest BCUT2D eigenvalue weighted by Gasteiger charge is 2.21. The Labute approximate surface area is 217 Å². The van der Waals surface area contributed by atoms with E-state index < -0.39 is 0 Å². The lowest BCUT2D eigenvalue weighted by Gasteiger charge is -2.33. The Hall–Kier alpha value is -4.15. The fraction of sp³-hybridized carbons (Fsp3) is 0.300. The van der Waals surface area contributed by atoms with Gasteiger partial charge < -0.3 is 20.1 Å². The number of likely N-dealkylation sites (tertiary alicyclic amines) is 1. The zero-order valence-corrected chi connectivity index (χ0v) is 21.2. The molecule has 0 radical (unpaired) electrons. The number of benzene rings is 3. The molecule has 4 aromatic rings. The van der Waals surface area contributed by atoms with Crippen LogP contribution < -0.4 is 10.2 Å². The Morgan fingerprint density at radius 1 is 1.11 bits per heavy atom. The van der Waals surface area contributed by atoms with E-state index in [4.69, 9.17) is 4.98 Å². The normalized spacial score (nSPS) is 14.4. The molecule has 2 N–H and O–H groups in total. The maximum absolute atomic E-state index is 11.4. The standard InChI is InChI=1S/C30H32N6O/c1-22(37)32-26-7-4-6-25(20-26)24-14-18-35(19-15-24)16-5-17-36(27-12-10-23(21-31)11-13-27)30-33-28-8-2-3-9-29(28)34-30/h2-4,6-13,20,24H,5,14-19H2,1H3,(H,32,37)(H,33,34). The first-order chi connectivity index (χ1) is 18.1. The van der Waals surface area contributed by atoms with Gasteiger partial charge in [-0.1, -0.05) is 24.3 Å². The Morgan fingerprint density at radius 2 is 1.89 bits per heavy atom. The molecule has 1 saturated heterocycles. The number of piperidine rings is 1. The fourth-order valence-corrected chi connectivity index (χ4v) is 5.16. The van der Waals surface area contributed by atoms with Crippen molar-refractivity contribution in [2.24, 2.45) is 0 Å². The Morgan fingerprint density at radius 3 is 2.62 bits per heavy atom. The second-order valence-electron chi connectivity index (χ2n) is 9.66. The lowest BCUT2D eigenvalue weighted by atomic mass is 9.89. The predicted molar refractivity (Wildman–Crippen MR) is 148 cm³/mol. The topological polar surface area (TPSA) is 88.1 Å². The quantitative estimate of drug-likeness (QED) is 0.325. The third-order valence-electron chi connectivity index (χ3n) is 7.06. The number of imidazole rings is 1. The largest absolute Gasteiger partial charge is 0.326 e.